The summed E-state index contributed by atoms with van der Waals surface area (Å²) in [6.07, 6.45) is 3.62. The van der Waals surface area contributed by atoms with Crippen LogP contribution in [0.5, 0.6) is 5.88 Å². The molecule has 17 heavy (non-hydrogen) atoms. The smallest absolute Gasteiger partial charge is 0.221 e. The number of nitrogens with zero attached hydrogens (tertiary/aromatic N) is 2. The van der Waals surface area contributed by atoms with E-state index in [0.29, 0.717) is 5.88 Å². The Morgan fingerprint density at radius 1 is 1.41 bits per heavy atom. The number of ether oxygens (including phenoxy) is 2. The molecule has 0 saturated carbocycles. The van der Waals surface area contributed by atoms with E-state index in [1.165, 1.54) is 0 Å². The molecule has 0 aliphatic carbocycles. The number of rotatable bonds is 4. The van der Waals surface area contributed by atoms with Gasteiger partial charge in [0.25, 0.3) is 0 Å². The van der Waals surface area contributed by atoms with Crippen molar-refractivity contribution in [1.29, 1.82) is 0 Å². The van der Waals surface area contributed by atoms with Gasteiger partial charge in [-0.3, -0.25) is 0 Å². The summed E-state index contributed by atoms with van der Waals surface area (Å²) < 4.78 is 11.2. The predicted molar refractivity (Wildman–Crippen MR) is 65.4 cm³/mol. The first kappa shape index (κ1) is 12.1. The van der Waals surface area contributed by atoms with Crippen molar-refractivity contribution in [3.05, 3.63) is 11.9 Å². The van der Waals surface area contributed by atoms with Crippen LogP contribution in [0.4, 0.5) is 5.82 Å². The maximum absolute atomic E-state index is 5.90. The van der Waals surface area contributed by atoms with E-state index >= 15 is 0 Å². The van der Waals surface area contributed by atoms with Crippen molar-refractivity contribution in [2.75, 3.05) is 25.1 Å². The van der Waals surface area contributed by atoms with Gasteiger partial charge in [-0.25, -0.2) is 9.97 Å². The maximum atomic E-state index is 5.90. The van der Waals surface area contributed by atoms with Gasteiger partial charge in [0.2, 0.25) is 5.88 Å². The highest BCUT2D eigenvalue weighted by Crippen LogP contribution is 2.23. The Balaban J connectivity index is 2.06. The van der Waals surface area contributed by atoms with Crippen molar-refractivity contribution in [3.8, 4) is 5.88 Å². The van der Waals surface area contributed by atoms with Crippen LogP contribution in [-0.2, 0) is 4.74 Å². The fourth-order valence-electron chi connectivity index (χ4n) is 1.85. The zero-order chi connectivity index (χ0) is 12.1. The van der Waals surface area contributed by atoms with Gasteiger partial charge in [-0.05, 0) is 13.8 Å². The van der Waals surface area contributed by atoms with Crippen molar-refractivity contribution in [2.45, 2.75) is 32.8 Å². The lowest BCUT2D eigenvalue weighted by Crippen LogP contribution is -2.26. The molecule has 0 atom stereocenters. The van der Waals surface area contributed by atoms with E-state index < -0.39 is 0 Å². The quantitative estimate of drug-likeness (QED) is 0.865. The molecule has 0 aromatic carbocycles. The van der Waals surface area contributed by atoms with Gasteiger partial charge < -0.3 is 14.8 Å². The van der Waals surface area contributed by atoms with Crippen LogP contribution in [0.15, 0.2) is 6.33 Å². The molecule has 0 radical (unpaired) electrons. The van der Waals surface area contributed by atoms with Gasteiger partial charge in [-0.2, -0.15) is 0 Å². The zero-order valence-corrected chi connectivity index (χ0v) is 10.4. The van der Waals surface area contributed by atoms with Gasteiger partial charge in [0.1, 0.15) is 18.2 Å². The second-order valence-electron chi connectivity index (χ2n) is 4.11. The molecule has 1 N–H and O–H groups in total. The largest absolute Gasteiger partial charge is 0.474 e. The van der Waals surface area contributed by atoms with Crippen LogP contribution >= 0.6 is 0 Å². The average molecular weight is 237 g/mol. The summed E-state index contributed by atoms with van der Waals surface area (Å²) in [5, 5.41) is 3.20. The van der Waals surface area contributed by atoms with Crippen LogP contribution in [0.3, 0.4) is 0 Å². The minimum absolute atomic E-state index is 0.215. The molecule has 5 nitrogen and oxygen atoms in total. The van der Waals surface area contributed by atoms with Crippen molar-refractivity contribution >= 4 is 5.82 Å². The van der Waals surface area contributed by atoms with Crippen LogP contribution in [-0.4, -0.2) is 35.8 Å². The second-order valence-corrected chi connectivity index (χ2v) is 4.11. The minimum atomic E-state index is 0.215. The maximum Gasteiger partial charge on any atom is 0.221 e. The first-order valence-electron chi connectivity index (χ1n) is 6.11. The standard InChI is InChI=1S/C12H19N3O2/c1-3-13-11-9(2)12(15-8-14-11)17-10-4-6-16-7-5-10/h8,10H,3-7H2,1-2H3,(H,13,14,15). The Morgan fingerprint density at radius 3 is 2.88 bits per heavy atom. The number of anilines is 1. The highest BCUT2D eigenvalue weighted by molar-refractivity contribution is 5.47. The van der Waals surface area contributed by atoms with Crippen LogP contribution in [0, 0.1) is 6.92 Å². The number of nitrogens with one attached hydrogen (secondary N) is 1. The van der Waals surface area contributed by atoms with Crippen molar-refractivity contribution in [3.63, 3.8) is 0 Å². The molecule has 0 unspecified atom stereocenters. The number of hydrogen-bond donors (Lipinski definition) is 1. The van der Waals surface area contributed by atoms with E-state index in [2.05, 4.69) is 15.3 Å². The molecule has 0 amide bonds. The highest BCUT2D eigenvalue weighted by atomic mass is 16.5. The first-order valence-corrected chi connectivity index (χ1v) is 6.11. The lowest BCUT2D eigenvalue weighted by Gasteiger charge is -2.23. The predicted octanol–water partition coefficient (Wildman–Crippen LogP) is 1.77. The molecular weight excluding hydrogens is 218 g/mol. The summed E-state index contributed by atoms with van der Waals surface area (Å²) in [7, 11) is 0. The molecule has 1 aromatic heterocycles. The summed E-state index contributed by atoms with van der Waals surface area (Å²) in [6.45, 7) is 6.41. The third-order valence-electron chi connectivity index (χ3n) is 2.83. The summed E-state index contributed by atoms with van der Waals surface area (Å²) >= 11 is 0. The van der Waals surface area contributed by atoms with Gasteiger partial charge in [-0.15, -0.1) is 0 Å². The van der Waals surface area contributed by atoms with E-state index in [1.807, 2.05) is 13.8 Å². The van der Waals surface area contributed by atoms with E-state index in [4.69, 9.17) is 9.47 Å². The van der Waals surface area contributed by atoms with E-state index in [-0.39, 0.29) is 6.10 Å². The Hall–Kier alpha value is -1.36. The van der Waals surface area contributed by atoms with Crippen LogP contribution < -0.4 is 10.1 Å². The Bertz CT molecular complexity index is 365. The van der Waals surface area contributed by atoms with Gasteiger partial charge in [0.15, 0.2) is 0 Å². The monoisotopic (exact) mass is 237 g/mol. The van der Waals surface area contributed by atoms with Gasteiger partial charge in [-0.1, -0.05) is 0 Å². The normalized spacial score (nSPS) is 16.8. The fourth-order valence-corrected chi connectivity index (χ4v) is 1.85. The molecule has 0 bridgehead atoms. The molecule has 2 heterocycles. The Kier molecular flexibility index (Phi) is 4.14. The topological polar surface area (TPSA) is 56.3 Å². The third kappa shape index (κ3) is 3.06. The first-order chi connectivity index (χ1) is 8.31. The molecule has 1 aliphatic heterocycles. The van der Waals surface area contributed by atoms with E-state index in [0.717, 1.165) is 44.0 Å². The third-order valence-corrected chi connectivity index (χ3v) is 2.83. The van der Waals surface area contributed by atoms with E-state index in [1.54, 1.807) is 6.33 Å². The fraction of sp³-hybridized carbons (Fsp3) is 0.667. The highest BCUT2D eigenvalue weighted by Gasteiger charge is 2.17. The summed E-state index contributed by atoms with van der Waals surface area (Å²) in [5.74, 6) is 1.53. The molecule has 1 aromatic rings. The van der Waals surface area contributed by atoms with Crippen molar-refractivity contribution in [1.82, 2.24) is 9.97 Å². The molecule has 94 valence electrons. The second kappa shape index (κ2) is 5.82. The summed E-state index contributed by atoms with van der Waals surface area (Å²) in [5.41, 5.74) is 0.973. The number of aromatic nitrogens is 2. The molecule has 1 saturated heterocycles. The Labute approximate surface area is 102 Å². The SMILES string of the molecule is CCNc1ncnc(OC2CCOCC2)c1C. The van der Waals surface area contributed by atoms with Crippen molar-refractivity contribution < 1.29 is 9.47 Å². The van der Waals surface area contributed by atoms with Crippen LogP contribution in [0.2, 0.25) is 0 Å². The van der Waals surface area contributed by atoms with E-state index in [9.17, 15) is 0 Å². The average Bonchev–Trinajstić information content (AvgIpc) is 2.36. The number of hydrogen-bond acceptors (Lipinski definition) is 5. The lowest BCUT2D eigenvalue weighted by molar-refractivity contribution is 0.0234. The van der Waals surface area contributed by atoms with Gasteiger partial charge >= 0.3 is 0 Å². The minimum Gasteiger partial charge on any atom is -0.474 e. The Morgan fingerprint density at radius 2 is 2.18 bits per heavy atom. The summed E-state index contributed by atoms with van der Waals surface area (Å²) in [4.78, 5) is 8.40. The molecule has 1 fully saturated rings. The van der Waals surface area contributed by atoms with Gasteiger partial charge in [0.05, 0.1) is 18.8 Å². The molecule has 1 aliphatic rings. The molecule has 5 heteroatoms. The van der Waals surface area contributed by atoms with Crippen LogP contribution in [0.25, 0.3) is 0 Å². The summed E-state index contributed by atoms with van der Waals surface area (Å²) in [6, 6.07) is 0. The van der Waals surface area contributed by atoms with Crippen molar-refractivity contribution in [2.24, 2.45) is 0 Å². The molecule has 2 rings (SSSR count). The van der Waals surface area contributed by atoms with Crippen LogP contribution in [0.1, 0.15) is 25.3 Å². The van der Waals surface area contributed by atoms with Gasteiger partial charge in [0, 0.05) is 19.4 Å². The molecular formula is C12H19N3O2. The molecule has 0 spiro atoms. The lowest BCUT2D eigenvalue weighted by atomic mass is 10.1. The zero-order valence-electron chi connectivity index (χ0n) is 10.4.